The van der Waals surface area contributed by atoms with Gasteiger partial charge in [0, 0.05) is 65.9 Å². The minimum Gasteiger partial charge on any atom is -0.468 e. The summed E-state index contributed by atoms with van der Waals surface area (Å²) in [7, 11) is 4.85. The molecule has 3 fully saturated rings. The molecule has 1 aromatic carbocycles. The lowest BCUT2D eigenvalue weighted by Crippen LogP contribution is -2.72. The number of nitrogens with zero attached hydrogens (tertiary/aromatic N) is 1. The lowest BCUT2D eigenvalue weighted by Gasteiger charge is -2.61. The second kappa shape index (κ2) is 7.68. The van der Waals surface area contributed by atoms with Crippen molar-refractivity contribution in [2.75, 3.05) is 34.4 Å². The third-order valence-corrected chi connectivity index (χ3v) is 7.95. The van der Waals surface area contributed by atoms with Crippen LogP contribution in [0.2, 0.25) is 0 Å². The van der Waals surface area contributed by atoms with Gasteiger partial charge in [-0.15, -0.1) is 6.58 Å². The number of aromatic nitrogens is 1. The van der Waals surface area contributed by atoms with Crippen molar-refractivity contribution in [3.05, 3.63) is 46.2 Å². The lowest BCUT2D eigenvalue weighted by atomic mass is 9.58. The van der Waals surface area contributed by atoms with Crippen LogP contribution in [0.25, 0.3) is 10.9 Å². The average molecular weight is 510 g/mol. The first-order chi connectivity index (χ1) is 14.0. The van der Waals surface area contributed by atoms with Gasteiger partial charge in [-0.2, -0.15) is 0 Å². The summed E-state index contributed by atoms with van der Waals surface area (Å²) in [6, 6.07) is 8.01. The third-order valence-electron chi connectivity index (χ3n) is 6.83. The predicted molar refractivity (Wildman–Crippen MR) is 120 cm³/mol. The highest BCUT2D eigenvalue weighted by Gasteiger charge is 2.66. The van der Waals surface area contributed by atoms with Crippen LogP contribution in [0, 0.1) is 9.49 Å². The molecule has 3 atom stereocenters. The Labute approximate surface area is 184 Å². The van der Waals surface area contributed by atoms with Crippen molar-refractivity contribution in [2.45, 2.75) is 30.1 Å². The van der Waals surface area contributed by atoms with Crippen LogP contribution in [0.15, 0.2) is 36.9 Å². The minimum absolute atomic E-state index is 0.0174. The average Bonchev–Trinajstić information content (AvgIpc) is 3.10. The van der Waals surface area contributed by atoms with Crippen molar-refractivity contribution >= 4 is 39.5 Å². The number of para-hydroxylation sites is 1. The molecule has 0 radical (unpaired) electrons. The quantitative estimate of drug-likeness (QED) is 0.279. The van der Waals surface area contributed by atoms with Gasteiger partial charge in [-0.25, -0.2) is 0 Å². The summed E-state index contributed by atoms with van der Waals surface area (Å²) in [5.74, 6) is -0.896. The number of halogens is 1. The van der Waals surface area contributed by atoms with E-state index >= 15 is 0 Å². The molecule has 3 heterocycles. The summed E-state index contributed by atoms with van der Waals surface area (Å²) in [5, 5.41) is 1.12. The molecule has 0 amide bonds. The molecule has 5 rings (SSSR count). The van der Waals surface area contributed by atoms with E-state index in [4.69, 9.17) is 14.2 Å². The number of fused-ring (bicyclic) bond motifs is 4. The van der Waals surface area contributed by atoms with Crippen molar-refractivity contribution in [2.24, 2.45) is 5.92 Å². The van der Waals surface area contributed by atoms with Gasteiger partial charge in [0.25, 0.3) is 0 Å². The predicted octanol–water partition coefficient (Wildman–Crippen LogP) is 3.45. The smallest absolute Gasteiger partial charge is 0.319 e. The first kappa shape index (κ1) is 20.8. The molecule has 29 heavy (non-hydrogen) atoms. The molecule has 156 valence electrons. The Morgan fingerprint density at radius 3 is 2.62 bits per heavy atom. The molecule has 6 nitrogen and oxygen atoms in total. The molecular weight excluding hydrogens is 483 g/mol. The van der Waals surface area contributed by atoms with Gasteiger partial charge in [0.1, 0.15) is 5.41 Å². The third kappa shape index (κ3) is 2.89. The number of carbonyl (C=O) groups excluding carboxylic acids is 1. The number of benzene rings is 1. The van der Waals surface area contributed by atoms with Crippen molar-refractivity contribution in [1.29, 1.82) is 0 Å². The van der Waals surface area contributed by atoms with E-state index in [1.165, 1.54) is 7.11 Å². The monoisotopic (exact) mass is 510 g/mol. The van der Waals surface area contributed by atoms with E-state index in [2.05, 4.69) is 45.1 Å². The first-order valence-corrected chi connectivity index (χ1v) is 10.9. The number of rotatable bonds is 6. The van der Waals surface area contributed by atoms with Crippen LogP contribution in [-0.4, -0.2) is 62.1 Å². The molecule has 2 aliphatic heterocycles. The number of esters is 1. The van der Waals surface area contributed by atoms with Crippen LogP contribution < -0.4 is 0 Å². The van der Waals surface area contributed by atoms with Crippen LogP contribution in [0.4, 0.5) is 0 Å². The molecule has 1 saturated carbocycles. The molecule has 1 N–H and O–H groups in total. The number of methoxy groups -OCH3 is 3. The summed E-state index contributed by atoms with van der Waals surface area (Å²) in [5.41, 5.74) is 1.13. The number of hydrogen-bond acceptors (Lipinski definition) is 5. The molecule has 0 spiro atoms. The van der Waals surface area contributed by atoms with Gasteiger partial charge in [0.2, 0.25) is 0 Å². The minimum atomic E-state index is -0.823. The first-order valence-electron chi connectivity index (χ1n) is 9.77. The standard InChI is InChI=1S/C22H27IN2O4/c1-5-10-25-13-14-11-21(20(26)27-2,17(25)12-22(14,28-3)29-4)19-18(23)15-8-6-7-9-16(15)24-19/h5-9,14,17,24H,1,10-13H2,2-4H3/t14-,17+,21+/m0/s1. The topological polar surface area (TPSA) is 63.8 Å². The number of H-pyrrole nitrogens is 1. The number of hydrogen-bond donors (Lipinski definition) is 1. The van der Waals surface area contributed by atoms with E-state index in [0.717, 1.165) is 26.7 Å². The highest BCUT2D eigenvalue weighted by atomic mass is 127. The number of nitrogens with one attached hydrogen (secondary N) is 1. The zero-order valence-electron chi connectivity index (χ0n) is 17.0. The molecule has 1 aromatic heterocycles. The second-order valence-electron chi connectivity index (χ2n) is 7.91. The normalized spacial score (nSPS) is 28.6. The number of piperidine rings is 2. The van der Waals surface area contributed by atoms with Gasteiger partial charge in [0.05, 0.1) is 7.11 Å². The fourth-order valence-corrected chi connectivity index (χ4v) is 6.57. The van der Waals surface area contributed by atoms with Crippen molar-refractivity contribution in [1.82, 2.24) is 9.88 Å². The second-order valence-corrected chi connectivity index (χ2v) is 8.98. The number of aromatic amines is 1. The Bertz CT molecular complexity index is 938. The molecule has 7 heteroatoms. The molecule has 0 unspecified atom stereocenters. The van der Waals surface area contributed by atoms with E-state index in [9.17, 15) is 4.79 Å². The molecule has 2 aromatic rings. The number of carbonyl (C=O) groups is 1. The van der Waals surface area contributed by atoms with Crippen LogP contribution >= 0.6 is 22.6 Å². The highest BCUT2D eigenvalue weighted by molar-refractivity contribution is 14.1. The summed E-state index contributed by atoms with van der Waals surface area (Å²) in [4.78, 5) is 19.3. The summed E-state index contributed by atoms with van der Waals surface area (Å²) >= 11 is 2.35. The molecule has 2 saturated heterocycles. The zero-order valence-corrected chi connectivity index (χ0v) is 19.2. The van der Waals surface area contributed by atoms with Crippen LogP contribution in [0.1, 0.15) is 18.5 Å². The Hall–Kier alpha value is -1.42. The van der Waals surface area contributed by atoms with E-state index < -0.39 is 11.2 Å². The summed E-state index contributed by atoms with van der Waals surface area (Å²) < 4.78 is 18.2. The SMILES string of the molecule is C=CCN1C[C@@H]2C[C@](C(=O)OC)(c3[nH]c4ccccc4c3I)[C@H]1CC2(OC)OC. The van der Waals surface area contributed by atoms with Gasteiger partial charge in [0.15, 0.2) is 5.79 Å². The summed E-state index contributed by atoms with van der Waals surface area (Å²) in [6.45, 7) is 5.40. The maximum absolute atomic E-state index is 13.5. The van der Waals surface area contributed by atoms with Crippen LogP contribution in [0.5, 0.6) is 0 Å². The maximum atomic E-state index is 13.5. The Morgan fingerprint density at radius 1 is 1.31 bits per heavy atom. The number of ether oxygens (including phenoxy) is 3. The fourth-order valence-electron chi connectivity index (χ4n) is 5.48. The van der Waals surface area contributed by atoms with Gasteiger partial charge in [-0.05, 0) is 35.1 Å². The highest BCUT2D eigenvalue weighted by Crippen LogP contribution is 2.55. The Kier molecular flexibility index (Phi) is 5.52. The van der Waals surface area contributed by atoms with E-state index in [0.29, 0.717) is 19.4 Å². The zero-order chi connectivity index (χ0) is 20.8. The van der Waals surface area contributed by atoms with Crippen molar-refractivity contribution in [3.8, 4) is 0 Å². The van der Waals surface area contributed by atoms with Gasteiger partial charge >= 0.3 is 5.97 Å². The Morgan fingerprint density at radius 2 is 2.03 bits per heavy atom. The van der Waals surface area contributed by atoms with Gasteiger partial charge < -0.3 is 19.2 Å². The van der Waals surface area contributed by atoms with E-state index in [1.807, 2.05) is 24.3 Å². The largest absolute Gasteiger partial charge is 0.468 e. The lowest BCUT2D eigenvalue weighted by molar-refractivity contribution is -0.296. The van der Waals surface area contributed by atoms with E-state index in [1.54, 1.807) is 14.2 Å². The fraction of sp³-hybridized carbons (Fsp3) is 0.500. The molecule has 2 bridgehead atoms. The maximum Gasteiger partial charge on any atom is 0.319 e. The molecule has 3 aliphatic rings. The van der Waals surface area contributed by atoms with Crippen molar-refractivity contribution < 1.29 is 19.0 Å². The van der Waals surface area contributed by atoms with Gasteiger partial charge in [-0.1, -0.05) is 24.3 Å². The van der Waals surface area contributed by atoms with Crippen LogP contribution in [0.3, 0.4) is 0 Å². The van der Waals surface area contributed by atoms with Crippen LogP contribution in [-0.2, 0) is 24.4 Å². The van der Waals surface area contributed by atoms with Gasteiger partial charge in [-0.3, -0.25) is 9.69 Å². The Balaban J connectivity index is 1.93. The molecular formula is C22H27IN2O4. The molecule has 1 aliphatic carbocycles. The van der Waals surface area contributed by atoms with E-state index in [-0.39, 0.29) is 17.9 Å². The summed E-state index contributed by atoms with van der Waals surface area (Å²) in [6.07, 6.45) is 3.07. The van der Waals surface area contributed by atoms with Crippen molar-refractivity contribution in [3.63, 3.8) is 0 Å².